The van der Waals surface area contributed by atoms with Gasteiger partial charge in [-0.15, -0.1) is 0 Å². The van der Waals surface area contributed by atoms with Crippen LogP contribution in [0.5, 0.6) is 0 Å². The third kappa shape index (κ3) is 4.80. The van der Waals surface area contributed by atoms with Gasteiger partial charge in [-0.1, -0.05) is 11.6 Å². The number of nitrogens with one attached hydrogen (secondary N) is 1. The monoisotopic (exact) mass is 321 g/mol. The molecule has 1 aromatic carbocycles. The highest BCUT2D eigenvalue weighted by Crippen LogP contribution is 2.35. The maximum atomic E-state index is 12.1. The van der Waals surface area contributed by atoms with Crippen LogP contribution in [0.4, 0.5) is 36.8 Å². The molecule has 0 saturated heterocycles. The summed E-state index contributed by atoms with van der Waals surface area (Å²) in [7, 11) is 0. The van der Waals surface area contributed by atoms with Crippen molar-refractivity contribution >= 4 is 23.4 Å². The predicted octanol–water partition coefficient (Wildman–Crippen LogP) is 4.38. The Balaban J connectivity index is 2.75. The van der Waals surface area contributed by atoms with Crippen LogP contribution in [0.2, 0.25) is 5.02 Å². The fourth-order valence-electron chi connectivity index (χ4n) is 1.11. The molecule has 112 valence electrons. The topological polar surface area (TPSA) is 38.3 Å². The summed E-state index contributed by atoms with van der Waals surface area (Å²) in [5, 5.41) is 1.99. The van der Waals surface area contributed by atoms with E-state index in [4.69, 9.17) is 11.6 Å². The molecule has 0 aliphatic rings. The second-order valence-corrected chi connectivity index (χ2v) is 3.94. The zero-order valence-corrected chi connectivity index (χ0v) is 10.1. The third-order valence-electron chi connectivity index (χ3n) is 1.91. The lowest BCUT2D eigenvalue weighted by Crippen LogP contribution is -2.46. The van der Waals surface area contributed by atoms with Gasteiger partial charge in [-0.2, -0.15) is 26.3 Å². The second-order valence-electron chi connectivity index (χ2n) is 3.50. The highest BCUT2D eigenvalue weighted by molar-refractivity contribution is 6.30. The Kier molecular flexibility index (Phi) is 4.74. The van der Waals surface area contributed by atoms with Crippen molar-refractivity contribution in [2.24, 2.45) is 0 Å². The van der Waals surface area contributed by atoms with Gasteiger partial charge in [0.05, 0.1) is 0 Å². The first-order chi connectivity index (χ1) is 9.00. The lowest BCUT2D eigenvalue weighted by molar-refractivity contribution is -0.306. The van der Waals surface area contributed by atoms with Crippen LogP contribution in [0, 0.1) is 0 Å². The maximum absolute atomic E-state index is 12.1. The number of carbonyl (C=O) groups excluding carboxylic acids is 1. The first kappa shape index (κ1) is 16.4. The van der Waals surface area contributed by atoms with Crippen LogP contribution in [0.1, 0.15) is 0 Å². The van der Waals surface area contributed by atoms with Gasteiger partial charge in [-0.05, 0) is 24.3 Å². The zero-order valence-electron chi connectivity index (χ0n) is 9.35. The van der Waals surface area contributed by atoms with Crippen molar-refractivity contribution in [3.8, 4) is 0 Å². The fourth-order valence-corrected chi connectivity index (χ4v) is 1.23. The number of ether oxygens (including phenoxy) is 1. The van der Waals surface area contributed by atoms with Gasteiger partial charge in [-0.3, -0.25) is 5.32 Å². The highest BCUT2D eigenvalue weighted by atomic mass is 35.5. The summed E-state index contributed by atoms with van der Waals surface area (Å²) >= 11 is 5.51. The van der Waals surface area contributed by atoms with Crippen molar-refractivity contribution in [3.05, 3.63) is 29.3 Å². The SMILES string of the molecule is O=C(Nc1ccc(Cl)cc1)OC(C(F)(F)F)C(F)(F)F. The molecule has 0 aromatic heterocycles. The molecule has 3 nitrogen and oxygen atoms in total. The van der Waals surface area contributed by atoms with E-state index < -0.39 is 24.5 Å². The van der Waals surface area contributed by atoms with Gasteiger partial charge in [0.15, 0.2) is 0 Å². The standard InChI is InChI=1S/C10H6ClF6NO2/c11-5-1-3-6(4-2-5)18-8(19)20-7(9(12,13)14)10(15,16)17/h1-4,7H,(H,18,19). The number of carbonyl (C=O) groups is 1. The molecule has 1 rings (SSSR count). The van der Waals surface area contributed by atoms with Crippen molar-refractivity contribution in [2.75, 3.05) is 5.32 Å². The van der Waals surface area contributed by atoms with Gasteiger partial charge in [0.1, 0.15) is 0 Å². The molecule has 0 bridgehead atoms. The van der Waals surface area contributed by atoms with Gasteiger partial charge < -0.3 is 4.74 Å². The Bertz CT molecular complexity index is 456. The minimum Gasteiger partial charge on any atom is -0.426 e. The van der Waals surface area contributed by atoms with Crippen molar-refractivity contribution in [3.63, 3.8) is 0 Å². The molecule has 0 spiro atoms. The Morgan fingerprint density at radius 3 is 1.90 bits per heavy atom. The third-order valence-corrected chi connectivity index (χ3v) is 2.16. The number of alkyl halides is 6. The molecule has 0 unspecified atom stereocenters. The summed E-state index contributed by atoms with van der Waals surface area (Å²) < 4.78 is 76.1. The van der Waals surface area contributed by atoms with E-state index in [9.17, 15) is 31.1 Å². The van der Waals surface area contributed by atoms with E-state index in [1.165, 1.54) is 24.3 Å². The molecule has 0 atom stereocenters. The zero-order chi connectivity index (χ0) is 15.6. The Morgan fingerprint density at radius 2 is 1.50 bits per heavy atom. The van der Waals surface area contributed by atoms with Crippen molar-refractivity contribution < 1.29 is 35.9 Å². The van der Waals surface area contributed by atoms with Crippen molar-refractivity contribution in [1.82, 2.24) is 0 Å². The number of halogens is 7. The summed E-state index contributed by atoms with van der Waals surface area (Å²) in [6.45, 7) is 0. The second kappa shape index (κ2) is 5.78. The minimum absolute atomic E-state index is 0.0671. The molecular weight excluding hydrogens is 316 g/mol. The summed E-state index contributed by atoms with van der Waals surface area (Å²) in [5.74, 6) is 0. The summed E-state index contributed by atoms with van der Waals surface area (Å²) in [6.07, 6.45) is -17.6. The van der Waals surface area contributed by atoms with Crippen LogP contribution < -0.4 is 5.32 Å². The van der Waals surface area contributed by atoms with E-state index in [0.29, 0.717) is 0 Å². The Morgan fingerprint density at radius 1 is 1.05 bits per heavy atom. The van der Waals surface area contributed by atoms with Gasteiger partial charge >= 0.3 is 18.4 Å². The number of hydrogen-bond acceptors (Lipinski definition) is 2. The molecule has 0 heterocycles. The number of hydrogen-bond donors (Lipinski definition) is 1. The summed E-state index contributed by atoms with van der Waals surface area (Å²) in [5.41, 5.74) is -0.0671. The average Bonchev–Trinajstić information content (AvgIpc) is 2.26. The first-order valence-corrected chi connectivity index (χ1v) is 5.24. The average molecular weight is 322 g/mol. The van der Waals surface area contributed by atoms with Gasteiger partial charge in [0, 0.05) is 10.7 Å². The molecule has 1 amide bonds. The predicted molar refractivity (Wildman–Crippen MR) is 57.5 cm³/mol. The molecule has 1 N–H and O–H groups in total. The lowest BCUT2D eigenvalue weighted by Gasteiger charge is -2.22. The molecule has 0 fully saturated rings. The highest BCUT2D eigenvalue weighted by Gasteiger charge is 2.60. The van der Waals surface area contributed by atoms with Crippen LogP contribution in [0.3, 0.4) is 0 Å². The van der Waals surface area contributed by atoms with E-state index in [1.807, 2.05) is 0 Å². The number of amides is 1. The van der Waals surface area contributed by atoms with Gasteiger partial charge in [0.2, 0.25) is 0 Å². The number of anilines is 1. The van der Waals surface area contributed by atoms with Crippen LogP contribution >= 0.6 is 11.6 Å². The Labute approximate surface area is 113 Å². The van der Waals surface area contributed by atoms with Gasteiger partial charge in [0.25, 0.3) is 6.10 Å². The van der Waals surface area contributed by atoms with E-state index in [1.54, 1.807) is 5.32 Å². The van der Waals surface area contributed by atoms with Crippen LogP contribution in [0.25, 0.3) is 0 Å². The minimum atomic E-state index is -5.75. The largest absolute Gasteiger partial charge is 0.434 e. The smallest absolute Gasteiger partial charge is 0.426 e. The van der Waals surface area contributed by atoms with E-state index in [-0.39, 0.29) is 10.7 Å². The molecule has 0 radical (unpaired) electrons. The number of rotatable bonds is 2. The molecule has 0 saturated carbocycles. The lowest BCUT2D eigenvalue weighted by atomic mass is 10.3. The molecule has 10 heteroatoms. The molecule has 0 aliphatic heterocycles. The van der Waals surface area contributed by atoms with E-state index in [2.05, 4.69) is 4.74 Å². The fraction of sp³-hybridized carbons (Fsp3) is 0.300. The first-order valence-electron chi connectivity index (χ1n) is 4.87. The molecular formula is C10H6ClF6NO2. The maximum Gasteiger partial charge on any atom is 0.434 e. The van der Waals surface area contributed by atoms with Crippen molar-refractivity contribution in [2.45, 2.75) is 18.5 Å². The van der Waals surface area contributed by atoms with E-state index in [0.717, 1.165) is 0 Å². The molecule has 1 aromatic rings. The molecule has 20 heavy (non-hydrogen) atoms. The quantitative estimate of drug-likeness (QED) is 0.821. The molecule has 0 aliphatic carbocycles. The van der Waals surface area contributed by atoms with Crippen molar-refractivity contribution in [1.29, 1.82) is 0 Å². The summed E-state index contributed by atoms with van der Waals surface area (Å²) in [6, 6.07) is 4.92. The normalized spacial score (nSPS) is 12.4. The van der Waals surface area contributed by atoms with E-state index >= 15 is 0 Å². The van der Waals surface area contributed by atoms with Gasteiger partial charge in [-0.25, -0.2) is 4.79 Å². The van der Waals surface area contributed by atoms with Crippen LogP contribution in [-0.2, 0) is 4.74 Å². The number of benzene rings is 1. The Hall–Kier alpha value is -1.64. The summed E-state index contributed by atoms with van der Waals surface area (Å²) in [4.78, 5) is 11.0. The van der Waals surface area contributed by atoms with Crippen LogP contribution in [0.15, 0.2) is 24.3 Å². The van der Waals surface area contributed by atoms with Crippen LogP contribution in [-0.4, -0.2) is 24.5 Å².